The minimum absolute atomic E-state index is 0.0340. The summed E-state index contributed by atoms with van der Waals surface area (Å²) < 4.78 is 7.14. The summed E-state index contributed by atoms with van der Waals surface area (Å²) in [5.74, 6) is 1.78. The Morgan fingerprint density at radius 1 is 1.13 bits per heavy atom. The smallest absolute Gasteiger partial charge is 0.222 e. The molecule has 0 bridgehead atoms. The van der Waals surface area contributed by atoms with Crippen molar-refractivity contribution in [1.82, 2.24) is 25.0 Å². The van der Waals surface area contributed by atoms with Gasteiger partial charge in [0.15, 0.2) is 5.82 Å². The number of carbonyl (C=O) groups is 1. The minimum atomic E-state index is -0.178. The molecule has 0 radical (unpaired) electrons. The van der Waals surface area contributed by atoms with Crippen LogP contribution in [-0.2, 0) is 29.0 Å². The van der Waals surface area contributed by atoms with Crippen LogP contribution in [0.1, 0.15) is 36.6 Å². The molecule has 1 amide bonds. The Bertz CT molecular complexity index is 1020. The average Bonchev–Trinajstić information content (AvgIpc) is 3.07. The monoisotopic (exact) mass is 407 g/mol. The van der Waals surface area contributed by atoms with Crippen LogP contribution in [0.2, 0.25) is 0 Å². The van der Waals surface area contributed by atoms with Crippen LogP contribution in [0.3, 0.4) is 0 Å². The summed E-state index contributed by atoms with van der Waals surface area (Å²) in [7, 11) is 1.60. The van der Waals surface area contributed by atoms with Gasteiger partial charge in [0, 0.05) is 46.1 Å². The van der Waals surface area contributed by atoms with E-state index in [2.05, 4.69) is 67.4 Å². The lowest BCUT2D eigenvalue weighted by Gasteiger charge is -2.20. The van der Waals surface area contributed by atoms with Gasteiger partial charge in [-0.2, -0.15) is 0 Å². The molecular formula is C23H29N5O2. The summed E-state index contributed by atoms with van der Waals surface area (Å²) in [6, 6.07) is 15.0. The SMILES string of the molecule is COCCC(=O)N[C@H](C)c1nnc2n1CCN(Cc1ccc3ccccc3c1)CC2. The van der Waals surface area contributed by atoms with Gasteiger partial charge in [0.1, 0.15) is 5.82 Å². The largest absolute Gasteiger partial charge is 0.384 e. The van der Waals surface area contributed by atoms with Crippen LogP contribution in [-0.4, -0.2) is 52.4 Å². The van der Waals surface area contributed by atoms with E-state index in [1.54, 1.807) is 7.11 Å². The first-order chi connectivity index (χ1) is 14.6. The lowest BCUT2D eigenvalue weighted by atomic mass is 10.1. The average molecular weight is 408 g/mol. The number of hydrogen-bond acceptors (Lipinski definition) is 5. The summed E-state index contributed by atoms with van der Waals surface area (Å²) in [5, 5.41) is 14.3. The molecule has 2 heterocycles. The Labute approximate surface area is 177 Å². The maximum Gasteiger partial charge on any atom is 0.222 e. The topological polar surface area (TPSA) is 72.3 Å². The molecule has 1 atom stereocenters. The second kappa shape index (κ2) is 9.36. The molecule has 1 aliphatic heterocycles. The van der Waals surface area contributed by atoms with Gasteiger partial charge in [-0.3, -0.25) is 9.69 Å². The lowest BCUT2D eigenvalue weighted by Crippen LogP contribution is -2.30. The minimum Gasteiger partial charge on any atom is -0.384 e. The first-order valence-electron chi connectivity index (χ1n) is 10.5. The van der Waals surface area contributed by atoms with E-state index < -0.39 is 0 Å². The van der Waals surface area contributed by atoms with Gasteiger partial charge in [0.2, 0.25) is 5.91 Å². The van der Waals surface area contributed by atoms with E-state index in [0.29, 0.717) is 13.0 Å². The van der Waals surface area contributed by atoms with Crippen LogP contribution in [0.25, 0.3) is 10.8 Å². The van der Waals surface area contributed by atoms with Crippen molar-refractivity contribution in [2.45, 2.75) is 38.9 Å². The van der Waals surface area contributed by atoms with E-state index in [-0.39, 0.29) is 11.9 Å². The molecule has 0 aliphatic carbocycles. The summed E-state index contributed by atoms with van der Waals surface area (Å²) in [5.41, 5.74) is 1.32. The zero-order valence-corrected chi connectivity index (χ0v) is 17.7. The third-order valence-corrected chi connectivity index (χ3v) is 5.67. The van der Waals surface area contributed by atoms with Crippen molar-refractivity contribution in [1.29, 1.82) is 0 Å². The molecule has 30 heavy (non-hydrogen) atoms. The van der Waals surface area contributed by atoms with Crippen LogP contribution in [0, 0.1) is 0 Å². The number of methoxy groups -OCH3 is 1. The van der Waals surface area contributed by atoms with E-state index in [1.165, 1.54) is 16.3 Å². The maximum atomic E-state index is 12.0. The van der Waals surface area contributed by atoms with Gasteiger partial charge in [-0.1, -0.05) is 36.4 Å². The fourth-order valence-corrected chi connectivity index (χ4v) is 4.04. The molecule has 0 unspecified atom stereocenters. The summed E-state index contributed by atoms with van der Waals surface area (Å²) in [6.45, 7) is 5.99. The Hall–Kier alpha value is -2.77. The lowest BCUT2D eigenvalue weighted by molar-refractivity contribution is -0.122. The second-order valence-corrected chi connectivity index (χ2v) is 7.87. The zero-order valence-electron chi connectivity index (χ0n) is 17.7. The van der Waals surface area contributed by atoms with Crippen LogP contribution >= 0.6 is 0 Å². The Morgan fingerprint density at radius 2 is 1.97 bits per heavy atom. The molecule has 1 aliphatic rings. The van der Waals surface area contributed by atoms with Crippen molar-refractivity contribution in [3.63, 3.8) is 0 Å². The van der Waals surface area contributed by atoms with Gasteiger partial charge in [0.25, 0.3) is 0 Å². The number of nitrogens with one attached hydrogen (secondary N) is 1. The van der Waals surface area contributed by atoms with Crippen LogP contribution in [0.4, 0.5) is 0 Å². The first kappa shape index (κ1) is 20.5. The predicted octanol–water partition coefficient (Wildman–Crippen LogP) is 2.70. The molecule has 158 valence electrons. The quantitative estimate of drug-likeness (QED) is 0.652. The number of aromatic nitrogens is 3. The molecule has 2 aromatic carbocycles. The van der Waals surface area contributed by atoms with Gasteiger partial charge in [-0.25, -0.2) is 0 Å². The number of rotatable bonds is 7. The van der Waals surface area contributed by atoms with Gasteiger partial charge in [-0.15, -0.1) is 10.2 Å². The standard InChI is InChI=1S/C23H29N5O2/c1-17(24-22(29)10-14-30-2)23-26-25-21-9-11-27(12-13-28(21)23)16-18-7-8-19-5-3-4-6-20(19)15-18/h3-8,15,17H,9-14,16H2,1-2H3,(H,24,29)/t17-/m1/s1. The first-order valence-corrected chi connectivity index (χ1v) is 10.5. The van der Waals surface area contributed by atoms with Gasteiger partial charge < -0.3 is 14.6 Å². The van der Waals surface area contributed by atoms with Crippen LogP contribution < -0.4 is 5.32 Å². The number of carbonyl (C=O) groups excluding carboxylic acids is 1. The van der Waals surface area contributed by atoms with Gasteiger partial charge in [0.05, 0.1) is 12.6 Å². The molecule has 7 heteroatoms. The highest BCUT2D eigenvalue weighted by molar-refractivity contribution is 5.83. The highest BCUT2D eigenvalue weighted by atomic mass is 16.5. The summed E-state index contributed by atoms with van der Waals surface area (Å²) >= 11 is 0. The van der Waals surface area contributed by atoms with Crippen molar-refractivity contribution in [2.24, 2.45) is 0 Å². The van der Waals surface area contributed by atoms with E-state index >= 15 is 0 Å². The molecule has 1 N–H and O–H groups in total. The van der Waals surface area contributed by atoms with E-state index in [4.69, 9.17) is 4.74 Å². The molecule has 1 aromatic heterocycles. The number of hydrogen-bond donors (Lipinski definition) is 1. The Kier molecular flexibility index (Phi) is 6.40. The van der Waals surface area contributed by atoms with Crippen LogP contribution in [0.15, 0.2) is 42.5 Å². The molecule has 0 fully saturated rings. The molecular weight excluding hydrogens is 378 g/mol. The second-order valence-electron chi connectivity index (χ2n) is 7.87. The highest BCUT2D eigenvalue weighted by Crippen LogP contribution is 2.19. The van der Waals surface area contributed by atoms with Crippen molar-refractivity contribution in [2.75, 3.05) is 26.8 Å². The highest BCUT2D eigenvalue weighted by Gasteiger charge is 2.22. The fourth-order valence-electron chi connectivity index (χ4n) is 4.04. The van der Waals surface area contributed by atoms with Crippen molar-refractivity contribution < 1.29 is 9.53 Å². The summed E-state index contributed by atoms with van der Waals surface area (Å²) in [6.07, 6.45) is 1.20. The van der Waals surface area contributed by atoms with Crippen molar-refractivity contribution in [3.05, 3.63) is 59.7 Å². The van der Waals surface area contributed by atoms with Crippen molar-refractivity contribution >= 4 is 16.7 Å². The Balaban J connectivity index is 1.40. The van der Waals surface area contributed by atoms with E-state index in [0.717, 1.165) is 44.2 Å². The molecule has 3 aromatic rings. The van der Waals surface area contributed by atoms with Gasteiger partial charge in [-0.05, 0) is 29.3 Å². The zero-order chi connectivity index (χ0) is 20.9. The maximum absolute atomic E-state index is 12.0. The van der Waals surface area contributed by atoms with Gasteiger partial charge >= 0.3 is 0 Å². The number of fused-ring (bicyclic) bond motifs is 2. The molecule has 0 spiro atoms. The fraction of sp³-hybridized carbons (Fsp3) is 0.435. The number of nitrogens with zero attached hydrogens (tertiary/aromatic N) is 4. The summed E-state index contributed by atoms with van der Waals surface area (Å²) in [4.78, 5) is 14.5. The number of ether oxygens (including phenoxy) is 1. The predicted molar refractivity (Wildman–Crippen MR) is 116 cm³/mol. The third-order valence-electron chi connectivity index (χ3n) is 5.67. The number of amides is 1. The van der Waals surface area contributed by atoms with Crippen LogP contribution in [0.5, 0.6) is 0 Å². The van der Waals surface area contributed by atoms with E-state index in [9.17, 15) is 4.79 Å². The molecule has 0 saturated carbocycles. The molecule has 0 saturated heterocycles. The molecule has 7 nitrogen and oxygen atoms in total. The number of benzene rings is 2. The third kappa shape index (κ3) is 4.68. The normalized spacial score (nSPS) is 15.5. The van der Waals surface area contributed by atoms with E-state index in [1.807, 2.05) is 6.92 Å². The Morgan fingerprint density at radius 3 is 2.80 bits per heavy atom. The van der Waals surface area contributed by atoms with Crippen molar-refractivity contribution in [3.8, 4) is 0 Å². The molecule has 4 rings (SSSR count).